The van der Waals surface area contributed by atoms with Crippen molar-refractivity contribution in [1.82, 2.24) is 0 Å². The highest BCUT2D eigenvalue weighted by molar-refractivity contribution is 6.32. The molecule has 3 heteroatoms. The molecule has 2 aromatic carbocycles. The molecule has 2 rings (SSSR count). The number of para-hydroxylation sites is 1. The Morgan fingerprint density at radius 3 is 2.29 bits per heavy atom. The first-order valence-corrected chi connectivity index (χ1v) is 8.01. The van der Waals surface area contributed by atoms with Crippen LogP contribution in [0.25, 0.3) is 0 Å². The van der Waals surface area contributed by atoms with Gasteiger partial charge in [-0.25, -0.2) is 0 Å². The fourth-order valence-corrected chi connectivity index (χ4v) is 2.51. The second kappa shape index (κ2) is 6.72. The van der Waals surface area contributed by atoms with Crippen LogP contribution in [0.3, 0.4) is 0 Å². The average Bonchev–Trinajstić information content (AvgIpc) is 2.50. The summed E-state index contributed by atoms with van der Waals surface area (Å²) < 4.78 is 5.92. The fraction of sp³-hybridized carbons (Fsp3) is 0.333. The minimum absolute atomic E-state index is 0.171. The van der Waals surface area contributed by atoms with E-state index >= 15 is 0 Å². The quantitative estimate of drug-likeness (QED) is 0.566. The first-order chi connectivity index (χ1) is 9.97. The van der Waals surface area contributed by atoms with Gasteiger partial charge in [-0.15, -0.1) is 11.6 Å². The van der Waals surface area contributed by atoms with Crippen molar-refractivity contribution >= 4 is 23.2 Å². The summed E-state index contributed by atoms with van der Waals surface area (Å²) in [6.07, 6.45) is 1.09. The van der Waals surface area contributed by atoms with Crippen molar-refractivity contribution in [3.8, 4) is 11.5 Å². The summed E-state index contributed by atoms with van der Waals surface area (Å²) in [4.78, 5) is 0. The molecule has 0 saturated carbocycles. The summed E-state index contributed by atoms with van der Waals surface area (Å²) in [6, 6.07) is 13.8. The van der Waals surface area contributed by atoms with Gasteiger partial charge in [0, 0.05) is 5.56 Å². The van der Waals surface area contributed by atoms with Crippen molar-refractivity contribution in [2.24, 2.45) is 0 Å². The highest BCUT2D eigenvalue weighted by Crippen LogP contribution is 2.35. The normalized spacial score (nSPS) is 11.5. The van der Waals surface area contributed by atoms with Crippen molar-refractivity contribution in [1.29, 1.82) is 0 Å². The van der Waals surface area contributed by atoms with Gasteiger partial charge in [-0.05, 0) is 35.6 Å². The predicted molar refractivity (Wildman–Crippen MR) is 90.8 cm³/mol. The summed E-state index contributed by atoms with van der Waals surface area (Å²) in [6.45, 7) is 6.67. The second-order valence-corrected chi connectivity index (χ2v) is 6.40. The lowest BCUT2D eigenvalue weighted by atomic mass is 9.82. The van der Waals surface area contributed by atoms with E-state index in [1.54, 1.807) is 0 Å². The van der Waals surface area contributed by atoms with E-state index in [0.29, 0.717) is 16.7 Å². The summed E-state index contributed by atoms with van der Waals surface area (Å²) in [5, 5.41) is 0.575. The lowest BCUT2D eigenvalue weighted by Gasteiger charge is -2.23. The average molecular weight is 323 g/mol. The first-order valence-electron chi connectivity index (χ1n) is 7.09. The van der Waals surface area contributed by atoms with Gasteiger partial charge < -0.3 is 4.74 Å². The molecule has 0 fully saturated rings. The number of rotatable bonds is 5. The van der Waals surface area contributed by atoms with E-state index in [-0.39, 0.29) is 5.41 Å². The Bertz CT molecular complexity index is 603. The minimum atomic E-state index is 0.171. The third-order valence-electron chi connectivity index (χ3n) is 3.93. The molecule has 0 aromatic heterocycles. The summed E-state index contributed by atoms with van der Waals surface area (Å²) in [7, 11) is 0. The third-order valence-corrected chi connectivity index (χ3v) is 4.52. The SMILES string of the molecule is CCC(C)(C)c1ccc(Oc2c(Cl)cccc2CCl)cc1. The summed E-state index contributed by atoms with van der Waals surface area (Å²) in [5.74, 6) is 1.78. The Morgan fingerprint density at radius 2 is 1.71 bits per heavy atom. The highest BCUT2D eigenvalue weighted by Gasteiger charge is 2.18. The van der Waals surface area contributed by atoms with E-state index in [1.165, 1.54) is 5.56 Å². The molecule has 0 saturated heterocycles. The fourth-order valence-electron chi connectivity index (χ4n) is 2.07. The van der Waals surface area contributed by atoms with Crippen LogP contribution in [0.5, 0.6) is 11.5 Å². The maximum atomic E-state index is 6.20. The molecule has 0 aliphatic carbocycles. The lowest BCUT2D eigenvalue weighted by molar-refractivity contribution is 0.474. The van der Waals surface area contributed by atoms with Gasteiger partial charge in [-0.1, -0.05) is 56.6 Å². The maximum Gasteiger partial charge on any atom is 0.150 e. The van der Waals surface area contributed by atoms with Crippen LogP contribution >= 0.6 is 23.2 Å². The molecule has 0 atom stereocenters. The van der Waals surface area contributed by atoms with Crippen molar-refractivity contribution < 1.29 is 4.74 Å². The van der Waals surface area contributed by atoms with Crippen LogP contribution in [0.2, 0.25) is 5.02 Å². The number of hydrogen-bond acceptors (Lipinski definition) is 1. The molecule has 0 heterocycles. The van der Waals surface area contributed by atoms with Gasteiger partial charge in [0.15, 0.2) is 0 Å². The van der Waals surface area contributed by atoms with Crippen LogP contribution in [0.1, 0.15) is 38.3 Å². The van der Waals surface area contributed by atoms with Crippen molar-refractivity contribution in [2.75, 3.05) is 0 Å². The van der Waals surface area contributed by atoms with Gasteiger partial charge in [0.25, 0.3) is 0 Å². The van der Waals surface area contributed by atoms with Crippen LogP contribution in [-0.4, -0.2) is 0 Å². The second-order valence-electron chi connectivity index (χ2n) is 5.73. The Kier molecular flexibility index (Phi) is 5.18. The van der Waals surface area contributed by atoms with E-state index in [1.807, 2.05) is 30.3 Å². The number of hydrogen-bond donors (Lipinski definition) is 0. The molecule has 2 aromatic rings. The minimum Gasteiger partial charge on any atom is -0.455 e. The van der Waals surface area contributed by atoms with E-state index in [9.17, 15) is 0 Å². The van der Waals surface area contributed by atoms with Crippen molar-refractivity contribution in [2.45, 2.75) is 38.5 Å². The Labute approximate surface area is 136 Å². The van der Waals surface area contributed by atoms with E-state index in [0.717, 1.165) is 17.7 Å². The van der Waals surface area contributed by atoms with Gasteiger partial charge >= 0.3 is 0 Å². The molecule has 0 aliphatic heterocycles. The van der Waals surface area contributed by atoms with E-state index < -0.39 is 0 Å². The van der Waals surface area contributed by atoms with Gasteiger partial charge in [-0.2, -0.15) is 0 Å². The van der Waals surface area contributed by atoms with Crippen LogP contribution < -0.4 is 4.74 Å². The molecule has 112 valence electrons. The topological polar surface area (TPSA) is 9.23 Å². The highest BCUT2D eigenvalue weighted by atomic mass is 35.5. The zero-order valence-corrected chi connectivity index (χ0v) is 14.1. The van der Waals surface area contributed by atoms with Crippen LogP contribution in [0.4, 0.5) is 0 Å². The predicted octanol–water partition coefficient (Wildman–Crippen LogP) is 6.56. The van der Waals surface area contributed by atoms with E-state index in [2.05, 4.69) is 32.9 Å². The summed E-state index contributed by atoms with van der Waals surface area (Å²) >= 11 is 12.1. The zero-order chi connectivity index (χ0) is 15.5. The molecule has 0 radical (unpaired) electrons. The number of alkyl halides is 1. The Hall–Kier alpha value is -1.18. The molecule has 0 unspecified atom stereocenters. The number of ether oxygens (including phenoxy) is 1. The number of benzene rings is 2. The molecule has 0 amide bonds. The Balaban J connectivity index is 2.26. The van der Waals surface area contributed by atoms with Crippen LogP contribution in [0.15, 0.2) is 42.5 Å². The zero-order valence-electron chi connectivity index (χ0n) is 12.6. The van der Waals surface area contributed by atoms with Crippen LogP contribution in [0, 0.1) is 0 Å². The molecular formula is C18H20Cl2O. The molecule has 0 spiro atoms. The maximum absolute atomic E-state index is 6.20. The molecular weight excluding hydrogens is 303 g/mol. The van der Waals surface area contributed by atoms with Crippen molar-refractivity contribution in [3.63, 3.8) is 0 Å². The van der Waals surface area contributed by atoms with Gasteiger partial charge in [0.2, 0.25) is 0 Å². The van der Waals surface area contributed by atoms with Gasteiger partial charge in [-0.3, -0.25) is 0 Å². The van der Waals surface area contributed by atoms with E-state index in [4.69, 9.17) is 27.9 Å². The molecule has 0 bridgehead atoms. The Morgan fingerprint density at radius 1 is 1.05 bits per heavy atom. The largest absolute Gasteiger partial charge is 0.455 e. The standard InChI is InChI=1S/C18H20Cl2O/c1-4-18(2,3)14-8-10-15(11-9-14)21-17-13(12-19)6-5-7-16(17)20/h5-11H,4,12H2,1-3H3. The molecule has 0 aliphatic rings. The van der Waals surface area contributed by atoms with Gasteiger partial charge in [0.05, 0.1) is 10.9 Å². The number of halogens is 2. The molecule has 0 N–H and O–H groups in total. The lowest BCUT2D eigenvalue weighted by Crippen LogP contribution is -2.14. The summed E-state index contributed by atoms with van der Waals surface area (Å²) in [5.41, 5.74) is 2.36. The molecule has 21 heavy (non-hydrogen) atoms. The van der Waals surface area contributed by atoms with Crippen LogP contribution in [-0.2, 0) is 11.3 Å². The smallest absolute Gasteiger partial charge is 0.150 e. The van der Waals surface area contributed by atoms with Gasteiger partial charge in [0.1, 0.15) is 11.5 Å². The first kappa shape index (κ1) is 16.2. The monoisotopic (exact) mass is 322 g/mol. The molecule has 1 nitrogen and oxygen atoms in total. The van der Waals surface area contributed by atoms with Crippen molar-refractivity contribution in [3.05, 3.63) is 58.6 Å². The third kappa shape index (κ3) is 3.72.